The van der Waals surface area contributed by atoms with Crippen LogP contribution in [-0.4, -0.2) is 10.5 Å². The van der Waals surface area contributed by atoms with E-state index in [9.17, 15) is 0 Å². The molecule has 3 heteroatoms. The third kappa shape index (κ3) is 2.07. The summed E-state index contributed by atoms with van der Waals surface area (Å²) in [4.78, 5) is 4.07. The van der Waals surface area contributed by atoms with Gasteiger partial charge in [0.25, 0.3) is 0 Å². The molecule has 1 saturated carbocycles. The first-order valence-electron chi connectivity index (χ1n) is 5.89. The second kappa shape index (κ2) is 4.63. The molecule has 0 unspecified atom stereocenters. The van der Waals surface area contributed by atoms with Gasteiger partial charge in [-0.3, -0.25) is 0 Å². The topological polar surface area (TPSA) is 48.7 Å². The fourth-order valence-electron chi connectivity index (χ4n) is 2.22. The first-order chi connectivity index (χ1) is 7.79. The second-order valence-corrected chi connectivity index (χ2v) is 4.46. The minimum absolute atomic E-state index is 0.322. The van der Waals surface area contributed by atoms with Crippen LogP contribution in [0.1, 0.15) is 43.9 Å². The summed E-state index contributed by atoms with van der Waals surface area (Å²) in [5.41, 5.74) is 1.87. The molecule has 0 radical (unpaired) electrons. The van der Waals surface area contributed by atoms with Crippen LogP contribution in [-0.2, 0) is 6.54 Å². The number of aromatic nitrogens is 1. The smallest absolute Gasteiger partial charge is 0.144 e. The fourth-order valence-corrected chi connectivity index (χ4v) is 2.22. The first kappa shape index (κ1) is 11.1. The first-order valence-corrected chi connectivity index (χ1v) is 5.89. The van der Waals surface area contributed by atoms with Crippen molar-refractivity contribution >= 4 is 0 Å². The van der Waals surface area contributed by atoms with Gasteiger partial charge in [-0.05, 0) is 31.7 Å². The monoisotopic (exact) mass is 215 g/mol. The lowest BCUT2D eigenvalue weighted by molar-refractivity contribution is 0.175. The number of nitrogens with one attached hydrogen (secondary N) is 1. The average Bonchev–Trinajstić information content (AvgIpc) is 2.29. The number of hydrogen-bond donors (Lipinski definition) is 1. The number of nitriles is 1. The molecule has 16 heavy (non-hydrogen) atoms. The SMILES string of the molecule is CCC1(NCc2cccnc2C#N)CCC1. The average molecular weight is 215 g/mol. The molecule has 0 amide bonds. The highest BCUT2D eigenvalue weighted by Gasteiger charge is 2.34. The standard InChI is InChI=1S/C13H17N3/c1-2-13(6-4-7-13)16-10-11-5-3-8-15-12(11)9-14/h3,5,8,16H,2,4,6-7,10H2,1H3. The number of pyridine rings is 1. The summed E-state index contributed by atoms with van der Waals surface area (Å²) in [6.45, 7) is 2.98. The molecule has 1 aliphatic rings. The zero-order chi connectivity index (χ0) is 11.4. The second-order valence-electron chi connectivity index (χ2n) is 4.46. The Bertz CT molecular complexity index is 396. The van der Waals surface area contributed by atoms with Crippen molar-refractivity contribution in [1.82, 2.24) is 10.3 Å². The van der Waals surface area contributed by atoms with Crippen molar-refractivity contribution in [2.24, 2.45) is 0 Å². The maximum absolute atomic E-state index is 8.94. The summed E-state index contributed by atoms with van der Waals surface area (Å²) in [5.74, 6) is 0. The Hall–Kier alpha value is -1.40. The molecule has 0 aromatic carbocycles. The number of hydrogen-bond acceptors (Lipinski definition) is 3. The molecule has 0 aliphatic heterocycles. The van der Waals surface area contributed by atoms with Crippen LogP contribution in [0.25, 0.3) is 0 Å². The third-order valence-electron chi connectivity index (χ3n) is 3.64. The minimum atomic E-state index is 0.322. The summed E-state index contributed by atoms with van der Waals surface area (Å²) in [5, 5.41) is 12.5. The molecule has 0 spiro atoms. The summed E-state index contributed by atoms with van der Waals surface area (Å²) in [6, 6.07) is 5.99. The Balaban J connectivity index is 2.02. The maximum atomic E-state index is 8.94. The van der Waals surface area contributed by atoms with Gasteiger partial charge in [0.1, 0.15) is 11.8 Å². The van der Waals surface area contributed by atoms with E-state index in [0.717, 1.165) is 18.5 Å². The summed E-state index contributed by atoms with van der Waals surface area (Å²) < 4.78 is 0. The van der Waals surface area contributed by atoms with Crippen LogP contribution in [0.4, 0.5) is 0 Å². The van der Waals surface area contributed by atoms with Crippen molar-refractivity contribution in [3.8, 4) is 6.07 Å². The lowest BCUT2D eigenvalue weighted by Gasteiger charge is -2.42. The van der Waals surface area contributed by atoms with Gasteiger partial charge in [-0.2, -0.15) is 5.26 Å². The minimum Gasteiger partial charge on any atom is -0.307 e. The van der Waals surface area contributed by atoms with Crippen molar-refractivity contribution in [2.75, 3.05) is 0 Å². The molecule has 0 atom stereocenters. The van der Waals surface area contributed by atoms with Gasteiger partial charge in [-0.25, -0.2) is 4.98 Å². The van der Waals surface area contributed by atoms with Gasteiger partial charge in [0.2, 0.25) is 0 Å². The van der Waals surface area contributed by atoms with Gasteiger partial charge in [-0.1, -0.05) is 13.0 Å². The molecular formula is C13H17N3. The molecule has 0 bridgehead atoms. The predicted molar refractivity (Wildman–Crippen MR) is 62.7 cm³/mol. The highest BCUT2D eigenvalue weighted by Crippen LogP contribution is 2.34. The molecule has 84 valence electrons. The Morgan fingerprint density at radius 3 is 2.94 bits per heavy atom. The molecule has 3 nitrogen and oxygen atoms in total. The van der Waals surface area contributed by atoms with Crippen LogP contribution in [0.5, 0.6) is 0 Å². The number of nitrogens with zero attached hydrogens (tertiary/aromatic N) is 2. The van der Waals surface area contributed by atoms with Crippen LogP contribution in [0.3, 0.4) is 0 Å². The van der Waals surface area contributed by atoms with E-state index in [-0.39, 0.29) is 0 Å². The molecule has 0 saturated heterocycles. The lowest BCUT2D eigenvalue weighted by atomic mass is 9.75. The quantitative estimate of drug-likeness (QED) is 0.838. The molecule has 1 N–H and O–H groups in total. The Morgan fingerprint density at radius 1 is 1.56 bits per heavy atom. The van der Waals surface area contributed by atoms with Gasteiger partial charge >= 0.3 is 0 Å². The molecule has 1 fully saturated rings. The van der Waals surface area contributed by atoms with Crippen LogP contribution in [0, 0.1) is 11.3 Å². The molecule has 1 aromatic heterocycles. The van der Waals surface area contributed by atoms with Gasteiger partial charge in [0.15, 0.2) is 0 Å². The molecular weight excluding hydrogens is 198 g/mol. The van der Waals surface area contributed by atoms with E-state index in [1.165, 1.54) is 19.3 Å². The summed E-state index contributed by atoms with van der Waals surface area (Å²) >= 11 is 0. The molecule has 2 rings (SSSR count). The normalized spacial score (nSPS) is 17.5. The van der Waals surface area contributed by atoms with Crippen molar-refractivity contribution in [1.29, 1.82) is 5.26 Å². The van der Waals surface area contributed by atoms with Gasteiger partial charge < -0.3 is 5.32 Å². The largest absolute Gasteiger partial charge is 0.307 e. The van der Waals surface area contributed by atoms with E-state index >= 15 is 0 Å². The van der Waals surface area contributed by atoms with E-state index in [4.69, 9.17) is 5.26 Å². The van der Waals surface area contributed by atoms with Crippen LogP contribution < -0.4 is 5.32 Å². The van der Waals surface area contributed by atoms with Crippen molar-refractivity contribution in [3.05, 3.63) is 29.6 Å². The van der Waals surface area contributed by atoms with Crippen LogP contribution in [0.15, 0.2) is 18.3 Å². The molecule has 1 aromatic rings. The fraction of sp³-hybridized carbons (Fsp3) is 0.538. The summed E-state index contributed by atoms with van der Waals surface area (Å²) in [6.07, 6.45) is 6.66. The van der Waals surface area contributed by atoms with E-state index < -0.39 is 0 Å². The number of rotatable bonds is 4. The molecule has 1 aliphatic carbocycles. The van der Waals surface area contributed by atoms with Crippen molar-refractivity contribution in [2.45, 2.75) is 44.7 Å². The Kier molecular flexibility index (Phi) is 3.21. The highest BCUT2D eigenvalue weighted by molar-refractivity contribution is 5.30. The zero-order valence-corrected chi connectivity index (χ0v) is 9.66. The van der Waals surface area contributed by atoms with Crippen LogP contribution >= 0.6 is 0 Å². The van der Waals surface area contributed by atoms with E-state index in [1.54, 1.807) is 6.20 Å². The zero-order valence-electron chi connectivity index (χ0n) is 9.66. The third-order valence-corrected chi connectivity index (χ3v) is 3.64. The Morgan fingerprint density at radius 2 is 2.38 bits per heavy atom. The van der Waals surface area contributed by atoms with Crippen molar-refractivity contribution in [3.63, 3.8) is 0 Å². The van der Waals surface area contributed by atoms with Crippen molar-refractivity contribution < 1.29 is 0 Å². The van der Waals surface area contributed by atoms with Gasteiger partial charge in [-0.15, -0.1) is 0 Å². The lowest BCUT2D eigenvalue weighted by Crippen LogP contribution is -2.49. The van der Waals surface area contributed by atoms with E-state index in [2.05, 4.69) is 23.3 Å². The van der Waals surface area contributed by atoms with Gasteiger partial charge in [0, 0.05) is 23.8 Å². The van der Waals surface area contributed by atoms with Crippen LogP contribution in [0.2, 0.25) is 0 Å². The maximum Gasteiger partial charge on any atom is 0.144 e. The predicted octanol–water partition coefficient (Wildman–Crippen LogP) is 2.38. The van der Waals surface area contributed by atoms with E-state index in [0.29, 0.717) is 11.2 Å². The Labute approximate surface area is 96.5 Å². The van der Waals surface area contributed by atoms with E-state index in [1.807, 2.05) is 12.1 Å². The highest BCUT2D eigenvalue weighted by atomic mass is 15.0. The van der Waals surface area contributed by atoms with Gasteiger partial charge in [0.05, 0.1) is 0 Å². The molecule has 1 heterocycles. The summed E-state index contributed by atoms with van der Waals surface area (Å²) in [7, 11) is 0.